The van der Waals surface area contributed by atoms with E-state index in [0.29, 0.717) is 5.56 Å². The van der Waals surface area contributed by atoms with Crippen molar-refractivity contribution in [3.8, 4) is 51.1 Å². The second kappa shape index (κ2) is 19.4. The van der Waals surface area contributed by atoms with Gasteiger partial charge in [0.25, 0.3) is 0 Å². The fourth-order valence-corrected chi connectivity index (χ4v) is 15.8. The molecule has 5 aromatic heterocycles. The van der Waals surface area contributed by atoms with E-state index in [1.807, 2.05) is 12.1 Å². The van der Waals surface area contributed by atoms with Gasteiger partial charge in [-0.1, -0.05) is 194 Å². The highest BCUT2D eigenvalue weighted by Crippen LogP contribution is 2.55. The Morgan fingerprint density at radius 3 is 1.24 bits per heavy atom. The molecule has 0 atom stereocenters. The fraction of sp³-hybridized carbons (Fsp3) is 0.0595. The van der Waals surface area contributed by atoms with Crippen LogP contribution < -0.4 is 0 Å². The minimum Gasteiger partial charge on any atom is -0.331 e. The maximum Gasteiger partial charge on any atom is 0.0998 e. The van der Waals surface area contributed by atoms with Gasteiger partial charge in [0.15, 0.2) is 0 Å². The number of rotatable bonds is 8. The lowest BCUT2D eigenvalue weighted by Gasteiger charge is -2.37. The first-order valence-corrected chi connectivity index (χ1v) is 31.1. The van der Waals surface area contributed by atoms with E-state index < -0.39 is 5.54 Å². The average Bonchev–Trinajstić information content (AvgIpc) is 1.44. The van der Waals surface area contributed by atoms with Crippen LogP contribution >= 0.6 is 0 Å². The van der Waals surface area contributed by atoms with E-state index in [-0.39, 0.29) is 0 Å². The molecule has 90 heavy (non-hydrogen) atoms. The van der Waals surface area contributed by atoms with E-state index in [2.05, 4.69) is 324 Å². The number of para-hydroxylation sites is 7. The number of fused-ring (bicyclic) bond motifs is 17. The third-order valence-corrected chi connectivity index (χ3v) is 19.5. The van der Waals surface area contributed by atoms with Crippen molar-refractivity contribution < 1.29 is 0 Å². The van der Waals surface area contributed by atoms with Gasteiger partial charge in [-0.3, -0.25) is 0 Å². The van der Waals surface area contributed by atoms with Crippen molar-refractivity contribution in [2.75, 3.05) is 0 Å². The Bertz CT molecular complexity index is 6090. The van der Waals surface area contributed by atoms with E-state index in [9.17, 15) is 5.26 Å². The maximum absolute atomic E-state index is 11.8. The summed E-state index contributed by atoms with van der Waals surface area (Å²) in [5, 5.41) is 23.4. The van der Waals surface area contributed by atoms with Crippen molar-refractivity contribution in [1.82, 2.24) is 22.8 Å². The third-order valence-electron chi connectivity index (χ3n) is 19.5. The lowest BCUT2D eigenvalue weighted by Crippen LogP contribution is -2.30. The predicted octanol–water partition coefficient (Wildman–Crippen LogP) is 21.8. The van der Waals surface area contributed by atoms with Gasteiger partial charge in [-0.05, 0) is 135 Å². The van der Waals surface area contributed by atoms with Gasteiger partial charge in [-0.25, -0.2) is 0 Å². The standard InChI is InChI=1S/C84H58N6/c1-52-43-46-72-66(49-52)61-35-17-24-42-71(61)90(72)84(3,4)81-77(57-31-13-11-25-53(57)2)75(88-67-38-20-15-33-59(67)62-44-47-73-79(82(62)88)64-36-18-22-40-69(64)86(73)55-27-7-5-8-28-55)50-76(78(81)58-32-14-12-26-54(58)51-85)89-68-39-21-16-34-60(68)63-45-48-74-80(83(63)89)65-37-19-23-41-70(65)87(74)56-29-9-6-10-30-56/h5-50H,1-4H3. The SMILES string of the molecule is Cc1ccc2c(c1)c1ccccc1n2C(C)(C)c1c(-c2ccccc2C)c(-n2c3ccccc3c3ccc4c(c5ccccc5n4-c4ccccc4)c32)cc(-n2c3ccccc3c3ccc4c(c5ccccc5n4-c4ccccc4)c32)c1-c1ccccc1C#N. The number of aromatic nitrogens is 5. The van der Waals surface area contributed by atoms with Crippen LogP contribution in [0, 0.1) is 25.2 Å². The normalized spacial score (nSPS) is 12.2. The summed E-state index contributed by atoms with van der Waals surface area (Å²) < 4.78 is 12.7. The van der Waals surface area contributed by atoms with Gasteiger partial charge in [0.2, 0.25) is 0 Å². The van der Waals surface area contributed by atoms with Crippen LogP contribution in [0.15, 0.2) is 279 Å². The summed E-state index contributed by atoms with van der Waals surface area (Å²) >= 11 is 0. The Morgan fingerprint density at radius 1 is 0.322 bits per heavy atom. The molecule has 0 fully saturated rings. The molecule has 0 amide bonds. The smallest absolute Gasteiger partial charge is 0.0998 e. The molecule has 0 saturated heterocycles. The van der Waals surface area contributed by atoms with E-state index >= 15 is 0 Å². The van der Waals surface area contributed by atoms with Crippen LogP contribution in [-0.2, 0) is 5.54 Å². The Kier molecular flexibility index (Phi) is 11.1. The molecule has 0 unspecified atom stereocenters. The van der Waals surface area contributed by atoms with Crippen molar-refractivity contribution in [3.05, 3.63) is 301 Å². The second-order valence-corrected chi connectivity index (χ2v) is 24.7. The first-order chi connectivity index (χ1) is 44.3. The summed E-state index contributed by atoms with van der Waals surface area (Å²) in [7, 11) is 0. The van der Waals surface area contributed by atoms with Gasteiger partial charge >= 0.3 is 0 Å². The zero-order chi connectivity index (χ0) is 60.1. The molecule has 0 saturated carbocycles. The Morgan fingerprint density at radius 2 is 0.722 bits per heavy atom. The minimum atomic E-state index is -0.883. The molecular formula is C84H58N6. The summed E-state index contributed by atoms with van der Waals surface area (Å²) in [6, 6.07) is 105. The molecular weight excluding hydrogens is 1090 g/mol. The first kappa shape index (κ1) is 51.6. The average molecular weight is 1150 g/mol. The highest BCUT2D eigenvalue weighted by Gasteiger charge is 2.39. The molecule has 0 N–H and O–H groups in total. The van der Waals surface area contributed by atoms with Crippen LogP contribution in [0.25, 0.3) is 154 Å². The molecule has 0 spiro atoms. The Labute approximate surface area is 519 Å². The van der Waals surface area contributed by atoms with E-state index in [1.165, 1.54) is 27.1 Å². The van der Waals surface area contributed by atoms with Crippen molar-refractivity contribution in [2.24, 2.45) is 0 Å². The Hall–Kier alpha value is -11.7. The molecule has 0 aliphatic heterocycles. The zero-order valence-electron chi connectivity index (χ0n) is 50.2. The molecule has 0 bridgehead atoms. The largest absolute Gasteiger partial charge is 0.331 e. The lowest BCUT2D eigenvalue weighted by atomic mass is 9.77. The quantitative estimate of drug-likeness (QED) is 0.150. The number of hydrogen-bond acceptors (Lipinski definition) is 1. The van der Waals surface area contributed by atoms with Crippen LogP contribution in [0.1, 0.15) is 36.1 Å². The maximum atomic E-state index is 11.8. The first-order valence-electron chi connectivity index (χ1n) is 31.1. The van der Waals surface area contributed by atoms with Gasteiger partial charge < -0.3 is 22.8 Å². The van der Waals surface area contributed by atoms with Crippen molar-refractivity contribution in [3.63, 3.8) is 0 Å². The highest BCUT2D eigenvalue weighted by atomic mass is 15.1. The van der Waals surface area contributed by atoms with Crippen LogP contribution in [0.3, 0.4) is 0 Å². The van der Waals surface area contributed by atoms with Crippen LogP contribution in [-0.4, -0.2) is 22.8 Å². The molecule has 6 heteroatoms. The molecule has 18 aromatic rings. The van der Waals surface area contributed by atoms with Crippen LogP contribution in [0.4, 0.5) is 0 Å². The monoisotopic (exact) mass is 1150 g/mol. The zero-order valence-corrected chi connectivity index (χ0v) is 50.2. The number of aryl methyl sites for hydroxylation is 2. The highest BCUT2D eigenvalue weighted by molar-refractivity contribution is 6.28. The summed E-state index contributed by atoms with van der Waals surface area (Å²) in [6.07, 6.45) is 0. The second-order valence-electron chi connectivity index (χ2n) is 24.7. The van der Waals surface area contributed by atoms with Crippen molar-refractivity contribution >= 4 is 109 Å². The summed E-state index contributed by atoms with van der Waals surface area (Å²) in [4.78, 5) is 0. The molecule has 18 rings (SSSR count). The molecule has 0 aliphatic rings. The number of nitrogens with zero attached hydrogens (tertiary/aromatic N) is 6. The van der Waals surface area contributed by atoms with Gasteiger partial charge in [-0.15, -0.1) is 0 Å². The van der Waals surface area contributed by atoms with Gasteiger partial charge in [-0.2, -0.15) is 5.26 Å². The number of nitriles is 1. The topological polar surface area (TPSA) is 48.4 Å². The molecule has 0 radical (unpaired) electrons. The van der Waals surface area contributed by atoms with Crippen molar-refractivity contribution in [2.45, 2.75) is 33.2 Å². The molecule has 424 valence electrons. The lowest BCUT2D eigenvalue weighted by molar-refractivity contribution is 0.467. The van der Waals surface area contributed by atoms with E-state index in [4.69, 9.17) is 0 Å². The molecule has 13 aromatic carbocycles. The Balaban J connectivity index is 1.14. The van der Waals surface area contributed by atoms with Gasteiger partial charge in [0.05, 0.1) is 72.7 Å². The fourth-order valence-electron chi connectivity index (χ4n) is 15.8. The minimum absolute atomic E-state index is 0.594. The summed E-state index contributed by atoms with van der Waals surface area (Å²) in [5.74, 6) is 0. The summed E-state index contributed by atoms with van der Waals surface area (Å²) in [6.45, 7) is 9.31. The van der Waals surface area contributed by atoms with Gasteiger partial charge in [0, 0.05) is 93.0 Å². The molecule has 5 heterocycles. The molecule has 6 nitrogen and oxygen atoms in total. The number of hydrogen-bond donors (Lipinski definition) is 0. The number of benzene rings is 13. The van der Waals surface area contributed by atoms with Crippen LogP contribution in [0.2, 0.25) is 0 Å². The van der Waals surface area contributed by atoms with Crippen LogP contribution in [0.5, 0.6) is 0 Å². The van der Waals surface area contributed by atoms with Gasteiger partial charge in [0.1, 0.15) is 0 Å². The van der Waals surface area contributed by atoms with E-state index in [1.54, 1.807) is 0 Å². The molecule has 0 aliphatic carbocycles. The predicted molar refractivity (Wildman–Crippen MR) is 377 cm³/mol. The van der Waals surface area contributed by atoms with Crippen molar-refractivity contribution in [1.29, 1.82) is 5.26 Å². The van der Waals surface area contributed by atoms with E-state index in [0.717, 1.165) is 144 Å². The third kappa shape index (κ3) is 7.14. The summed E-state index contributed by atoms with van der Waals surface area (Å²) in [5.41, 5.74) is 22.5.